The number of aromatic nitrogens is 3. The average Bonchev–Trinajstić information content (AvgIpc) is 2.76. The number of hydrogen-bond donors (Lipinski definition) is 2. The Labute approximate surface area is 117 Å². The van der Waals surface area contributed by atoms with Crippen LogP contribution in [-0.4, -0.2) is 38.3 Å². The van der Waals surface area contributed by atoms with Gasteiger partial charge in [0.15, 0.2) is 5.65 Å². The van der Waals surface area contributed by atoms with Crippen LogP contribution in [0.2, 0.25) is 0 Å². The molecular formula is C14H20N4O2. The van der Waals surface area contributed by atoms with Crippen LogP contribution >= 0.6 is 0 Å². The standard InChI is InChI=1S/C14H20N4O2/c1-9(2)6-12(19)7-15-14(20)11-4-5-13-17-16-10(3)18(13)8-11/h4-5,8-9,12,19H,6-7H2,1-3H3,(H,15,20). The maximum atomic E-state index is 12.0. The van der Waals surface area contributed by atoms with Crippen molar-refractivity contribution in [2.75, 3.05) is 6.54 Å². The van der Waals surface area contributed by atoms with E-state index in [1.54, 1.807) is 22.7 Å². The summed E-state index contributed by atoms with van der Waals surface area (Å²) in [4.78, 5) is 12.0. The van der Waals surface area contributed by atoms with E-state index < -0.39 is 6.10 Å². The molecule has 0 aliphatic rings. The fourth-order valence-corrected chi connectivity index (χ4v) is 2.08. The predicted octanol–water partition coefficient (Wildman–Crippen LogP) is 1.17. The minimum Gasteiger partial charge on any atom is -0.391 e. The molecule has 2 N–H and O–H groups in total. The lowest BCUT2D eigenvalue weighted by Crippen LogP contribution is -2.32. The molecule has 2 rings (SSSR count). The highest BCUT2D eigenvalue weighted by Gasteiger charge is 2.11. The molecular weight excluding hydrogens is 256 g/mol. The molecule has 0 saturated heterocycles. The maximum absolute atomic E-state index is 12.0. The van der Waals surface area contributed by atoms with Crippen LogP contribution in [0.4, 0.5) is 0 Å². The second-order valence-corrected chi connectivity index (χ2v) is 5.39. The van der Waals surface area contributed by atoms with Crippen LogP contribution in [0.5, 0.6) is 0 Å². The molecule has 108 valence electrons. The summed E-state index contributed by atoms with van der Waals surface area (Å²) >= 11 is 0. The summed E-state index contributed by atoms with van der Waals surface area (Å²) in [6.45, 7) is 6.16. The summed E-state index contributed by atoms with van der Waals surface area (Å²) in [5.41, 5.74) is 1.23. The van der Waals surface area contributed by atoms with E-state index in [1.165, 1.54) is 0 Å². The molecule has 0 spiro atoms. The first-order valence-electron chi connectivity index (χ1n) is 6.75. The SMILES string of the molecule is Cc1nnc2ccc(C(=O)NCC(O)CC(C)C)cn12. The van der Waals surface area contributed by atoms with Crippen molar-refractivity contribution in [3.05, 3.63) is 29.7 Å². The van der Waals surface area contributed by atoms with E-state index in [0.29, 0.717) is 23.5 Å². The third-order valence-corrected chi connectivity index (χ3v) is 3.08. The van der Waals surface area contributed by atoms with Gasteiger partial charge in [-0.2, -0.15) is 0 Å². The van der Waals surface area contributed by atoms with Crippen molar-refractivity contribution < 1.29 is 9.90 Å². The molecule has 0 saturated carbocycles. The number of nitrogens with one attached hydrogen (secondary N) is 1. The molecule has 6 heteroatoms. The molecule has 0 aliphatic carbocycles. The molecule has 6 nitrogen and oxygen atoms in total. The molecule has 20 heavy (non-hydrogen) atoms. The number of hydrogen-bond acceptors (Lipinski definition) is 4. The van der Waals surface area contributed by atoms with Crippen molar-refractivity contribution in [1.29, 1.82) is 0 Å². The van der Waals surface area contributed by atoms with Crippen LogP contribution in [0.15, 0.2) is 18.3 Å². The number of aliphatic hydroxyl groups is 1. The van der Waals surface area contributed by atoms with Crippen LogP contribution in [0.1, 0.15) is 36.5 Å². The van der Waals surface area contributed by atoms with Crippen LogP contribution in [0.3, 0.4) is 0 Å². The lowest BCUT2D eigenvalue weighted by Gasteiger charge is -2.13. The van der Waals surface area contributed by atoms with Gasteiger partial charge in [-0.1, -0.05) is 13.8 Å². The molecule has 2 heterocycles. The Bertz CT molecular complexity index is 606. The van der Waals surface area contributed by atoms with Gasteiger partial charge in [-0.3, -0.25) is 9.20 Å². The van der Waals surface area contributed by atoms with Crippen molar-refractivity contribution in [2.24, 2.45) is 5.92 Å². The Hall–Kier alpha value is -1.95. The zero-order valence-electron chi connectivity index (χ0n) is 12.0. The van der Waals surface area contributed by atoms with Gasteiger partial charge in [-0.05, 0) is 31.4 Å². The van der Waals surface area contributed by atoms with Gasteiger partial charge < -0.3 is 10.4 Å². The first kappa shape index (κ1) is 14.5. The summed E-state index contributed by atoms with van der Waals surface area (Å²) in [6, 6.07) is 3.45. The minimum absolute atomic E-state index is 0.206. The first-order valence-corrected chi connectivity index (χ1v) is 6.75. The van der Waals surface area contributed by atoms with Gasteiger partial charge in [0.25, 0.3) is 5.91 Å². The van der Waals surface area contributed by atoms with E-state index in [2.05, 4.69) is 15.5 Å². The molecule has 2 aromatic heterocycles. The number of aliphatic hydroxyl groups excluding tert-OH is 1. The lowest BCUT2D eigenvalue weighted by molar-refractivity contribution is 0.0900. The van der Waals surface area contributed by atoms with Crippen molar-refractivity contribution in [3.8, 4) is 0 Å². The third kappa shape index (κ3) is 3.33. The van der Waals surface area contributed by atoms with E-state index >= 15 is 0 Å². The van der Waals surface area contributed by atoms with Crippen LogP contribution in [0.25, 0.3) is 5.65 Å². The molecule has 0 radical (unpaired) electrons. The molecule has 0 bridgehead atoms. The Kier molecular flexibility index (Phi) is 4.34. The third-order valence-electron chi connectivity index (χ3n) is 3.08. The minimum atomic E-state index is -0.515. The number of fused-ring (bicyclic) bond motifs is 1. The monoisotopic (exact) mass is 276 g/mol. The summed E-state index contributed by atoms with van der Waals surface area (Å²) in [6.07, 6.45) is 1.86. The molecule has 1 atom stereocenters. The van der Waals surface area contributed by atoms with E-state index in [4.69, 9.17) is 0 Å². The second-order valence-electron chi connectivity index (χ2n) is 5.39. The largest absolute Gasteiger partial charge is 0.391 e. The fraction of sp³-hybridized carbons (Fsp3) is 0.500. The number of carbonyl (C=O) groups excluding carboxylic acids is 1. The Morgan fingerprint density at radius 3 is 2.85 bits per heavy atom. The van der Waals surface area contributed by atoms with E-state index in [9.17, 15) is 9.90 Å². The van der Waals surface area contributed by atoms with E-state index in [-0.39, 0.29) is 12.5 Å². The number of pyridine rings is 1. The number of nitrogens with zero attached hydrogens (tertiary/aromatic N) is 3. The van der Waals surface area contributed by atoms with Gasteiger partial charge in [0.2, 0.25) is 0 Å². The fourth-order valence-electron chi connectivity index (χ4n) is 2.08. The van der Waals surface area contributed by atoms with Gasteiger partial charge in [0.1, 0.15) is 5.82 Å². The summed E-state index contributed by atoms with van der Waals surface area (Å²) in [7, 11) is 0. The normalized spacial score (nSPS) is 12.8. The Balaban J connectivity index is 2.02. The van der Waals surface area contributed by atoms with Crippen molar-refractivity contribution in [2.45, 2.75) is 33.3 Å². The highest BCUT2D eigenvalue weighted by atomic mass is 16.3. The van der Waals surface area contributed by atoms with Crippen LogP contribution in [0, 0.1) is 12.8 Å². The van der Waals surface area contributed by atoms with Crippen LogP contribution < -0.4 is 5.32 Å². The zero-order chi connectivity index (χ0) is 14.7. The van der Waals surface area contributed by atoms with Gasteiger partial charge in [-0.25, -0.2) is 0 Å². The zero-order valence-corrected chi connectivity index (χ0v) is 12.0. The smallest absolute Gasteiger partial charge is 0.252 e. The van der Waals surface area contributed by atoms with Crippen LogP contribution in [-0.2, 0) is 0 Å². The van der Waals surface area contributed by atoms with Crippen molar-refractivity contribution >= 4 is 11.6 Å². The molecule has 1 amide bonds. The van der Waals surface area contributed by atoms with Gasteiger partial charge in [0, 0.05) is 12.7 Å². The molecule has 1 unspecified atom stereocenters. The number of rotatable bonds is 5. The van der Waals surface area contributed by atoms with Crippen molar-refractivity contribution in [3.63, 3.8) is 0 Å². The topological polar surface area (TPSA) is 79.5 Å². The molecule has 0 fully saturated rings. The first-order chi connectivity index (χ1) is 9.47. The summed E-state index contributed by atoms with van der Waals surface area (Å²) in [5, 5.41) is 20.4. The quantitative estimate of drug-likeness (QED) is 0.859. The van der Waals surface area contributed by atoms with Gasteiger partial charge in [0.05, 0.1) is 11.7 Å². The van der Waals surface area contributed by atoms with E-state index in [0.717, 1.165) is 5.82 Å². The Morgan fingerprint density at radius 1 is 1.40 bits per heavy atom. The Morgan fingerprint density at radius 2 is 2.15 bits per heavy atom. The summed E-state index contributed by atoms with van der Waals surface area (Å²) < 4.78 is 1.76. The highest BCUT2D eigenvalue weighted by Crippen LogP contribution is 2.07. The number of carbonyl (C=O) groups is 1. The summed E-state index contributed by atoms with van der Waals surface area (Å²) in [5.74, 6) is 0.926. The second kappa shape index (κ2) is 6.00. The predicted molar refractivity (Wildman–Crippen MR) is 75.5 cm³/mol. The molecule has 2 aromatic rings. The molecule has 0 aliphatic heterocycles. The highest BCUT2D eigenvalue weighted by molar-refractivity contribution is 5.94. The van der Waals surface area contributed by atoms with Gasteiger partial charge >= 0.3 is 0 Å². The number of amides is 1. The van der Waals surface area contributed by atoms with Gasteiger partial charge in [-0.15, -0.1) is 10.2 Å². The average molecular weight is 276 g/mol. The lowest BCUT2D eigenvalue weighted by atomic mass is 10.1. The number of aryl methyl sites for hydroxylation is 1. The van der Waals surface area contributed by atoms with E-state index in [1.807, 2.05) is 20.8 Å². The van der Waals surface area contributed by atoms with Crippen molar-refractivity contribution in [1.82, 2.24) is 19.9 Å². The maximum Gasteiger partial charge on any atom is 0.252 e. The molecule has 0 aromatic carbocycles.